The monoisotopic (exact) mass is 508 g/mol. The smallest absolute Gasteiger partial charge is 0.267 e. The van der Waals surface area contributed by atoms with Gasteiger partial charge in [-0.15, -0.1) is 4.59 Å². The molecule has 0 radical (unpaired) electrons. The van der Waals surface area contributed by atoms with Crippen LogP contribution in [0.5, 0.6) is 0 Å². The molecule has 1 atom stereocenters. The average Bonchev–Trinajstić information content (AvgIpc) is 3.22. The van der Waals surface area contributed by atoms with Crippen molar-refractivity contribution in [3.05, 3.63) is 89.8 Å². The second-order valence-electron chi connectivity index (χ2n) is 10.8. The number of pyridine rings is 1. The lowest BCUT2D eigenvalue weighted by molar-refractivity contribution is -0.750. The molecule has 38 heavy (non-hydrogen) atoms. The second-order valence-corrected chi connectivity index (χ2v) is 10.8. The standard InChI is InChI=1S/C30H31FN7/c1-36-12-14-37(15-13-36)23-17-22(18-23)28-26-19-33-11-16-38(26,32)30(35-28)24-9-7-21-8-10-25(34-29(21)27(24)31)20-5-3-2-4-6-20/h2-11,16,19,22-23H,12-15,17-18,32H2,1H3/q+1. The summed E-state index contributed by atoms with van der Waals surface area (Å²) < 4.78 is 16.0. The highest BCUT2D eigenvalue weighted by Gasteiger charge is 2.49. The van der Waals surface area contributed by atoms with Crippen molar-refractivity contribution in [1.82, 2.24) is 14.8 Å². The van der Waals surface area contributed by atoms with Gasteiger partial charge in [0.1, 0.15) is 17.4 Å². The van der Waals surface area contributed by atoms with Gasteiger partial charge in [-0.1, -0.05) is 42.5 Å². The maximum atomic E-state index is 16.2. The van der Waals surface area contributed by atoms with E-state index in [2.05, 4.69) is 21.8 Å². The van der Waals surface area contributed by atoms with E-state index in [0.29, 0.717) is 23.0 Å². The largest absolute Gasteiger partial charge is 0.304 e. The molecule has 0 bridgehead atoms. The van der Waals surface area contributed by atoms with Gasteiger partial charge in [-0.2, -0.15) is 10.8 Å². The van der Waals surface area contributed by atoms with Gasteiger partial charge in [0.2, 0.25) is 5.70 Å². The molecular weight excluding hydrogens is 477 g/mol. The lowest BCUT2D eigenvalue weighted by Gasteiger charge is -2.45. The van der Waals surface area contributed by atoms with Crippen molar-refractivity contribution >= 4 is 23.0 Å². The van der Waals surface area contributed by atoms with Crippen LogP contribution in [-0.4, -0.2) is 70.7 Å². The Kier molecular flexibility index (Phi) is 5.59. The van der Waals surface area contributed by atoms with E-state index in [4.69, 9.17) is 15.8 Å². The molecule has 0 amide bonds. The SMILES string of the molecule is CN1CCN(C2CC(C3=C4C=NC=C[N+]4(N)C(c4ccc5ccc(-c6ccccc6)nc5c4F)=N3)C2)CC1. The normalized spacial score (nSPS) is 27.5. The van der Waals surface area contributed by atoms with Crippen LogP contribution >= 0.6 is 0 Å². The number of nitrogens with two attached hydrogens (primary N) is 1. The molecular formula is C30H31FN7+. The van der Waals surface area contributed by atoms with E-state index in [1.54, 1.807) is 24.7 Å². The first kappa shape index (κ1) is 23.5. The summed E-state index contributed by atoms with van der Waals surface area (Å²) in [5, 5.41) is 0.742. The number of allylic oxidation sites excluding steroid dienone is 2. The number of hydrogen-bond donors (Lipinski definition) is 1. The zero-order chi connectivity index (χ0) is 25.9. The molecule has 2 aromatic carbocycles. The number of amidine groups is 1. The summed E-state index contributed by atoms with van der Waals surface area (Å²) in [5.41, 5.74) is 4.14. The highest BCUT2D eigenvalue weighted by atomic mass is 19.1. The lowest BCUT2D eigenvalue weighted by atomic mass is 9.76. The second kappa shape index (κ2) is 9.03. The molecule has 1 unspecified atom stereocenters. The molecule has 192 valence electrons. The Morgan fingerprint density at radius 1 is 0.974 bits per heavy atom. The molecule has 2 fully saturated rings. The Labute approximate surface area is 221 Å². The summed E-state index contributed by atoms with van der Waals surface area (Å²) in [5.74, 6) is 7.31. The summed E-state index contributed by atoms with van der Waals surface area (Å²) in [6.07, 6.45) is 7.33. The maximum Gasteiger partial charge on any atom is 0.267 e. The van der Waals surface area contributed by atoms with E-state index >= 15 is 4.39 Å². The van der Waals surface area contributed by atoms with Gasteiger partial charge >= 0.3 is 0 Å². The molecule has 2 N–H and O–H groups in total. The van der Waals surface area contributed by atoms with Crippen LogP contribution in [0, 0.1) is 11.7 Å². The summed E-state index contributed by atoms with van der Waals surface area (Å²) in [4.78, 5) is 19.1. The van der Waals surface area contributed by atoms with Crippen LogP contribution < -0.4 is 5.84 Å². The summed E-state index contributed by atoms with van der Waals surface area (Å²) in [7, 11) is 2.18. The predicted octanol–water partition coefficient (Wildman–Crippen LogP) is 4.28. The summed E-state index contributed by atoms with van der Waals surface area (Å²) in [6.45, 7) is 4.43. The highest BCUT2D eigenvalue weighted by Crippen LogP contribution is 2.44. The van der Waals surface area contributed by atoms with Crippen LogP contribution in [0.15, 0.2) is 88.4 Å². The molecule has 3 aromatic rings. The molecule has 8 heteroatoms. The molecule has 1 saturated carbocycles. The predicted molar refractivity (Wildman–Crippen MR) is 148 cm³/mol. The first-order chi connectivity index (χ1) is 18.5. The van der Waals surface area contributed by atoms with Crippen molar-refractivity contribution < 1.29 is 8.98 Å². The first-order valence-corrected chi connectivity index (χ1v) is 13.3. The number of hydrogen-bond acceptors (Lipinski definition) is 6. The van der Waals surface area contributed by atoms with Crippen molar-refractivity contribution in [2.24, 2.45) is 21.7 Å². The Bertz CT molecular complexity index is 1530. The van der Waals surface area contributed by atoms with Crippen molar-refractivity contribution in [2.45, 2.75) is 18.9 Å². The van der Waals surface area contributed by atoms with E-state index in [1.807, 2.05) is 48.5 Å². The Morgan fingerprint density at radius 3 is 2.53 bits per heavy atom. The van der Waals surface area contributed by atoms with Gasteiger partial charge in [-0.3, -0.25) is 9.89 Å². The summed E-state index contributed by atoms with van der Waals surface area (Å²) >= 11 is 0. The third kappa shape index (κ3) is 3.75. The minimum atomic E-state index is -0.401. The Hall–Kier alpha value is -3.56. The number of aromatic nitrogens is 1. The number of piperazine rings is 1. The molecule has 0 spiro atoms. The number of nitrogens with zero attached hydrogens (tertiary/aromatic N) is 6. The van der Waals surface area contributed by atoms with Crippen LogP contribution in [0.1, 0.15) is 18.4 Å². The molecule has 3 aliphatic heterocycles. The van der Waals surface area contributed by atoms with Gasteiger partial charge in [0.05, 0.1) is 23.7 Å². The van der Waals surface area contributed by atoms with Gasteiger partial charge < -0.3 is 4.90 Å². The first-order valence-electron chi connectivity index (χ1n) is 13.3. The van der Waals surface area contributed by atoms with Crippen LogP contribution in [0.2, 0.25) is 0 Å². The minimum Gasteiger partial charge on any atom is -0.304 e. The zero-order valence-electron chi connectivity index (χ0n) is 21.5. The highest BCUT2D eigenvalue weighted by molar-refractivity contribution is 6.03. The van der Waals surface area contributed by atoms with Gasteiger partial charge in [0.15, 0.2) is 5.82 Å². The fourth-order valence-electron chi connectivity index (χ4n) is 6.08. The molecule has 4 heterocycles. The van der Waals surface area contributed by atoms with Crippen molar-refractivity contribution in [1.29, 1.82) is 0 Å². The molecule has 7 nitrogen and oxygen atoms in total. The maximum absolute atomic E-state index is 16.2. The summed E-state index contributed by atoms with van der Waals surface area (Å²) in [6, 6.07) is 17.9. The van der Waals surface area contributed by atoms with Gasteiger partial charge in [0.25, 0.3) is 5.84 Å². The average molecular weight is 509 g/mol. The van der Waals surface area contributed by atoms with Gasteiger partial charge in [-0.05, 0) is 32.0 Å². The van der Waals surface area contributed by atoms with Crippen LogP contribution in [0.4, 0.5) is 4.39 Å². The van der Waals surface area contributed by atoms with E-state index in [9.17, 15) is 0 Å². The lowest BCUT2D eigenvalue weighted by Crippen LogP contribution is -2.54. The molecule has 1 aromatic heterocycles. The molecule has 4 aliphatic rings. The van der Waals surface area contributed by atoms with Crippen molar-refractivity contribution in [3.8, 4) is 11.3 Å². The molecule has 7 rings (SSSR count). The third-order valence-corrected chi connectivity index (χ3v) is 8.49. The number of fused-ring (bicyclic) bond motifs is 2. The van der Waals surface area contributed by atoms with E-state index < -0.39 is 5.82 Å². The van der Waals surface area contributed by atoms with Gasteiger partial charge in [0, 0.05) is 49.1 Å². The van der Waals surface area contributed by atoms with Crippen molar-refractivity contribution in [2.75, 3.05) is 33.2 Å². The fourth-order valence-corrected chi connectivity index (χ4v) is 6.08. The number of likely N-dealkylation sites (N-methyl/N-ethyl adjacent to an activating group) is 1. The molecule has 1 aliphatic carbocycles. The zero-order valence-corrected chi connectivity index (χ0v) is 21.5. The quantitative estimate of drug-likeness (QED) is 0.422. The number of aliphatic imine (C=N–C) groups is 2. The minimum absolute atomic E-state index is 0.171. The Balaban J connectivity index is 1.23. The van der Waals surface area contributed by atoms with E-state index in [0.717, 1.165) is 67.1 Å². The Morgan fingerprint density at radius 2 is 1.74 bits per heavy atom. The van der Waals surface area contributed by atoms with Crippen LogP contribution in [-0.2, 0) is 0 Å². The number of benzene rings is 2. The fraction of sp³-hybridized carbons (Fsp3) is 0.300. The van der Waals surface area contributed by atoms with Crippen LogP contribution in [0.25, 0.3) is 22.2 Å². The van der Waals surface area contributed by atoms with Gasteiger partial charge in [-0.25, -0.2) is 9.37 Å². The van der Waals surface area contributed by atoms with Crippen molar-refractivity contribution in [3.63, 3.8) is 0 Å². The number of rotatable bonds is 4. The third-order valence-electron chi connectivity index (χ3n) is 8.49. The van der Waals surface area contributed by atoms with E-state index in [1.165, 1.54) is 0 Å². The molecule has 1 saturated heterocycles. The van der Waals surface area contributed by atoms with E-state index in [-0.39, 0.29) is 10.5 Å². The topological polar surface area (TPSA) is 70.1 Å². The van der Waals surface area contributed by atoms with Crippen LogP contribution in [0.3, 0.4) is 0 Å². The number of quaternary nitrogens is 1. The number of halogens is 1.